The largest absolute Gasteiger partial charge is 0.453 e. The van der Waals surface area contributed by atoms with E-state index in [2.05, 4.69) is 203 Å². The number of carbonyl (C=O) groups excluding carboxylic acids is 1. The van der Waals surface area contributed by atoms with E-state index in [0.717, 1.165) is 47.8 Å². The van der Waals surface area contributed by atoms with E-state index in [9.17, 15) is 4.79 Å². The molecule has 2 aromatic heterocycles. The average Bonchev–Trinajstić information content (AvgIpc) is 3.95. The van der Waals surface area contributed by atoms with Crippen molar-refractivity contribution >= 4 is 76.4 Å². The highest BCUT2D eigenvalue weighted by atomic mass is 32.1. The zero-order chi connectivity index (χ0) is 45.4. The Morgan fingerprint density at radius 2 is 1.03 bits per heavy atom. The molecule has 12 nitrogen and oxygen atoms in total. The first kappa shape index (κ1) is 46.7. The first-order valence-electron chi connectivity index (χ1n) is 21.6. The molecule has 0 atom stereocenters. The molecule has 2 aliphatic rings. The lowest BCUT2D eigenvalue weighted by Crippen LogP contribution is -2.70. The lowest BCUT2D eigenvalue weighted by atomic mass is 10.2. The van der Waals surface area contributed by atoms with Crippen molar-refractivity contribution in [2.45, 2.75) is 76.9 Å². The molecule has 8 rings (SSSR count). The Kier molecular flexibility index (Phi) is 14.8. The Labute approximate surface area is 387 Å². The number of rotatable bonds is 14. The summed E-state index contributed by atoms with van der Waals surface area (Å²) in [5, 5.41) is 17.3. The van der Waals surface area contributed by atoms with Gasteiger partial charge in [-0.1, -0.05) is 168 Å². The molecule has 334 valence electrons. The van der Waals surface area contributed by atoms with Gasteiger partial charge in [-0.15, -0.1) is 22.7 Å². The minimum atomic E-state index is -2.54. The number of nitrogens with one attached hydrogen (secondary N) is 1. The smallest absolute Gasteiger partial charge is 0.407 e. The van der Waals surface area contributed by atoms with Crippen LogP contribution in [0.25, 0.3) is 10.4 Å². The van der Waals surface area contributed by atoms with Crippen molar-refractivity contribution < 1.29 is 18.4 Å². The number of aromatic nitrogens is 2. The third kappa shape index (κ3) is 10.1. The third-order valence-electron chi connectivity index (χ3n) is 11.7. The maximum Gasteiger partial charge on any atom is 0.407 e. The molecule has 0 spiro atoms. The second kappa shape index (κ2) is 20.2. The van der Waals surface area contributed by atoms with Gasteiger partial charge in [0.1, 0.15) is 0 Å². The van der Waals surface area contributed by atoms with Gasteiger partial charge in [0, 0.05) is 41.9 Å². The quantitative estimate of drug-likeness (QED) is 0.0497. The molecule has 4 aromatic carbocycles. The number of nitrogens with zero attached hydrogens (tertiary/aromatic N) is 7. The number of amides is 1. The highest BCUT2D eigenvalue weighted by molar-refractivity contribution is 7.14. The fraction of sp³-hybridized carbons (Fsp3) is 0.354. The molecule has 0 radical (unpaired) electrons. The van der Waals surface area contributed by atoms with Crippen LogP contribution < -0.4 is 35.9 Å². The van der Waals surface area contributed by atoms with Gasteiger partial charge in [-0.3, -0.25) is 0 Å². The van der Waals surface area contributed by atoms with Gasteiger partial charge in [-0.25, -0.2) is 14.8 Å². The first-order valence-corrected chi connectivity index (χ1v) is 27.1. The van der Waals surface area contributed by atoms with E-state index < -0.39 is 22.7 Å². The number of carbonyl (C=O) groups is 1. The highest BCUT2D eigenvalue weighted by Gasteiger charge is 2.54. The van der Waals surface area contributed by atoms with Gasteiger partial charge in [-0.05, 0) is 36.4 Å². The highest BCUT2D eigenvalue weighted by Crippen LogP contribution is 2.41. The first-order chi connectivity index (χ1) is 30.8. The molecule has 64 heavy (non-hydrogen) atoms. The zero-order valence-electron chi connectivity index (χ0n) is 37.7. The molecule has 2 fully saturated rings. The number of alkyl carbamates (subject to hydrolysis) is 1. The van der Waals surface area contributed by atoms with Gasteiger partial charge in [0.2, 0.25) is 0 Å². The van der Waals surface area contributed by atoms with E-state index in [-0.39, 0.29) is 22.3 Å². The van der Waals surface area contributed by atoms with E-state index in [1.165, 1.54) is 27.9 Å². The summed E-state index contributed by atoms with van der Waals surface area (Å²) in [5.41, 5.74) is 10.2. The number of thiazole rings is 2. The molecule has 2 aliphatic heterocycles. The number of benzene rings is 4. The Morgan fingerprint density at radius 1 is 0.672 bits per heavy atom. The number of anilines is 2. The topological polar surface area (TPSA) is 138 Å². The lowest BCUT2D eigenvalue weighted by Gasteiger charge is -2.49. The van der Waals surface area contributed by atoms with Gasteiger partial charge in [0.05, 0.1) is 43.8 Å². The van der Waals surface area contributed by atoms with Gasteiger partial charge in [0.25, 0.3) is 16.6 Å². The van der Waals surface area contributed by atoms with E-state index in [1.807, 2.05) is 10.8 Å². The summed E-state index contributed by atoms with van der Waals surface area (Å²) < 4.78 is 18.9. The molecule has 0 saturated carbocycles. The van der Waals surface area contributed by atoms with E-state index in [1.54, 1.807) is 22.7 Å². The van der Waals surface area contributed by atoms with Gasteiger partial charge in [-0.2, -0.15) is 0 Å². The van der Waals surface area contributed by atoms with Crippen molar-refractivity contribution in [3.63, 3.8) is 0 Å². The zero-order valence-corrected chi connectivity index (χ0v) is 41.3. The normalized spacial score (nSPS) is 14.7. The summed E-state index contributed by atoms with van der Waals surface area (Å²) in [6, 6.07) is 43.0. The molecule has 1 N–H and O–H groups in total. The third-order valence-corrected chi connectivity index (χ3v) is 23.8. The second-order valence-electron chi connectivity index (χ2n) is 18.1. The van der Waals surface area contributed by atoms with Gasteiger partial charge in [0.15, 0.2) is 10.3 Å². The monoisotopic (exact) mass is 930 g/mol. The molecular weight excluding hydrogens is 873 g/mol. The summed E-state index contributed by atoms with van der Waals surface area (Å²) in [5.74, 6) is 0. The lowest BCUT2D eigenvalue weighted by molar-refractivity contribution is 0.154. The van der Waals surface area contributed by atoms with Crippen molar-refractivity contribution in [1.29, 1.82) is 0 Å². The maximum atomic E-state index is 11.3. The molecule has 6 aromatic rings. The van der Waals surface area contributed by atoms with Gasteiger partial charge >= 0.3 is 6.09 Å². The summed E-state index contributed by atoms with van der Waals surface area (Å²) in [4.78, 5) is 27.9. The van der Waals surface area contributed by atoms with Crippen LogP contribution in [0, 0.1) is 0 Å². The van der Waals surface area contributed by atoms with Crippen LogP contribution in [0.1, 0.15) is 52.9 Å². The number of methoxy groups -OCH3 is 1. The van der Waals surface area contributed by atoms with Crippen molar-refractivity contribution in [2.75, 3.05) is 43.1 Å². The molecule has 16 heteroatoms. The molecule has 0 aliphatic carbocycles. The summed E-state index contributed by atoms with van der Waals surface area (Å²) >= 11 is 3.18. The Balaban J connectivity index is 0.000000192. The average molecular weight is 931 g/mol. The molecule has 0 bridgehead atoms. The molecule has 0 unspecified atom stereocenters. The number of ether oxygens (including phenoxy) is 1. The van der Waals surface area contributed by atoms with E-state index in [0.29, 0.717) is 13.1 Å². The standard InChI is InChI=1S/C25H31N3O3SSi.C23H27N5OSSi/c1-25(2,3)33(21-11-7-5-8-12-21,22-13-9-6-10-14-22)31-20-16-28(17-20)23-27-19(18-32-23)15-26-24(29)30-4;1-23(2,3)31(20-10-6-4-7-11-20,21-12-8-5-9-13-21)29-19-15-28(16-19)22-26-18(17-30-22)14-25-27-24/h5-14,18,20H,15-17H2,1-4H3,(H,26,29);4-13,17,19H,14-16H2,1-3H3. The minimum Gasteiger partial charge on any atom is -0.453 e. The van der Waals surface area contributed by atoms with Crippen LogP contribution in [0.15, 0.2) is 137 Å². The number of azide groups is 1. The van der Waals surface area contributed by atoms with Crippen LogP contribution in [-0.2, 0) is 26.7 Å². The van der Waals surface area contributed by atoms with Crippen LogP contribution in [0.5, 0.6) is 0 Å². The summed E-state index contributed by atoms with van der Waals surface area (Å²) in [6.07, 6.45) is -0.167. The molecule has 1 amide bonds. The van der Waals surface area contributed by atoms with Crippen LogP contribution in [0.2, 0.25) is 10.1 Å². The number of hydrogen-bond acceptors (Lipinski definition) is 11. The van der Waals surface area contributed by atoms with Crippen LogP contribution >= 0.6 is 22.7 Å². The Hall–Kier alpha value is -5.33. The fourth-order valence-electron chi connectivity index (χ4n) is 8.60. The van der Waals surface area contributed by atoms with Crippen molar-refractivity contribution in [3.8, 4) is 0 Å². The van der Waals surface area contributed by atoms with Crippen LogP contribution in [-0.4, -0.2) is 78.2 Å². The molecule has 4 heterocycles. The fourth-order valence-corrected chi connectivity index (χ4v) is 19.6. The van der Waals surface area contributed by atoms with Gasteiger partial charge < -0.3 is 28.7 Å². The number of hydrogen-bond donors (Lipinski definition) is 1. The Morgan fingerprint density at radius 3 is 1.38 bits per heavy atom. The second-order valence-corrected chi connectivity index (χ2v) is 28.3. The Bertz CT molecular complexity index is 2390. The van der Waals surface area contributed by atoms with Crippen molar-refractivity contribution in [1.82, 2.24) is 15.3 Å². The molecule has 2 saturated heterocycles. The predicted molar refractivity (Wildman–Crippen MR) is 266 cm³/mol. The van der Waals surface area contributed by atoms with E-state index >= 15 is 0 Å². The van der Waals surface area contributed by atoms with E-state index in [4.69, 9.17) is 14.4 Å². The minimum absolute atomic E-state index is 0.0280. The van der Waals surface area contributed by atoms with Crippen LogP contribution in [0.3, 0.4) is 0 Å². The SMILES string of the molecule is CC(C)(C)[Si](OC1CN(c2nc(CN=[N+]=[N-])cs2)C1)(c1ccccc1)c1ccccc1.COC(=O)NCc1csc(N2CC(O[Si](c3ccccc3)(c3ccccc3)C(C)(C)C)C2)n1. The maximum absolute atomic E-state index is 11.3. The molecular formula is C48H58N8O4S2Si2. The summed E-state index contributed by atoms with van der Waals surface area (Å²) in [6.45, 7) is 17.7. The predicted octanol–water partition coefficient (Wildman–Crippen LogP) is 8.48. The summed E-state index contributed by atoms with van der Waals surface area (Å²) in [7, 11) is -3.71. The van der Waals surface area contributed by atoms with Crippen molar-refractivity contribution in [3.05, 3.63) is 154 Å². The van der Waals surface area contributed by atoms with Crippen molar-refractivity contribution in [2.24, 2.45) is 5.11 Å². The van der Waals surface area contributed by atoms with Crippen LogP contribution in [0.4, 0.5) is 15.1 Å².